The first-order chi connectivity index (χ1) is 11.7. The maximum atomic E-state index is 12.3. The van der Waals surface area contributed by atoms with Crippen molar-refractivity contribution in [3.05, 3.63) is 84.4 Å². The average Bonchev–Trinajstić information content (AvgIpc) is 2.60. The number of ether oxygens (including phenoxy) is 1. The number of rotatable bonds is 4. The summed E-state index contributed by atoms with van der Waals surface area (Å²) in [7, 11) is 0. The van der Waals surface area contributed by atoms with Crippen molar-refractivity contribution < 1.29 is 9.53 Å². The lowest BCUT2D eigenvalue weighted by Gasteiger charge is -2.13. The molecule has 0 fully saturated rings. The van der Waals surface area contributed by atoms with Crippen LogP contribution >= 0.6 is 0 Å². The van der Waals surface area contributed by atoms with Gasteiger partial charge in [0, 0.05) is 5.69 Å². The summed E-state index contributed by atoms with van der Waals surface area (Å²) in [6.45, 7) is 1.95. The second-order valence-corrected chi connectivity index (χ2v) is 5.31. The number of hydrogen-bond acceptors (Lipinski definition) is 2. The van der Waals surface area contributed by atoms with Crippen molar-refractivity contribution in [1.29, 1.82) is 0 Å². The Morgan fingerprint density at radius 3 is 2.08 bits per heavy atom. The number of para-hydroxylation sites is 4. The Balaban J connectivity index is 1.73. The fourth-order valence-corrected chi connectivity index (χ4v) is 2.26. The van der Waals surface area contributed by atoms with E-state index in [1.165, 1.54) is 0 Å². The molecule has 120 valence electrons. The SMILES string of the molecule is Cc1ccccc1NC(=O)Nc1ccccc1Oc1ccccc1. The van der Waals surface area contributed by atoms with E-state index in [-0.39, 0.29) is 6.03 Å². The molecule has 0 unspecified atom stereocenters. The number of anilines is 2. The van der Waals surface area contributed by atoms with Crippen LogP contribution in [0.4, 0.5) is 16.2 Å². The van der Waals surface area contributed by atoms with Crippen molar-refractivity contribution in [2.45, 2.75) is 6.92 Å². The maximum absolute atomic E-state index is 12.3. The van der Waals surface area contributed by atoms with E-state index in [9.17, 15) is 4.79 Å². The van der Waals surface area contributed by atoms with Gasteiger partial charge in [-0.15, -0.1) is 0 Å². The molecule has 24 heavy (non-hydrogen) atoms. The van der Waals surface area contributed by atoms with Crippen molar-refractivity contribution in [1.82, 2.24) is 0 Å². The van der Waals surface area contributed by atoms with Gasteiger partial charge in [0.25, 0.3) is 0 Å². The van der Waals surface area contributed by atoms with Crippen molar-refractivity contribution in [3.63, 3.8) is 0 Å². The van der Waals surface area contributed by atoms with Gasteiger partial charge < -0.3 is 15.4 Å². The van der Waals surface area contributed by atoms with Gasteiger partial charge in [-0.25, -0.2) is 4.79 Å². The smallest absolute Gasteiger partial charge is 0.323 e. The van der Waals surface area contributed by atoms with Gasteiger partial charge in [0.1, 0.15) is 5.75 Å². The molecule has 2 N–H and O–H groups in total. The van der Waals surface area contributed by atoms with E-state index >= 15 is 0 Å². The van der Waals surface area contributed by atoms with Crippen molar-refractivity contribution in [2.24, 2.45) is 0 Å². The van der Waals surface area contributed by atoms with Gasteiger partial charge in [-0.2, -0.15) is 0 Å². The normalized spacial score (nSPS) is 10.0. The highest BCUT2D eigenvalue weighted by molar-refractivity contribution is 6.01. The number of carbonyl (C=O) groups excluding carboxylic acids is 1. The first kappa shape index (κ1) is 15.6. The predicted octanol–water partition coefficient (Wildman–Crippen LogP) is 5.43. The topological polar surface area (TPSA) is 50.4 Å². The number of benzene rings is 3. The first-order valence-electron chi connectivity index (χ1n) is 7.68. The second-order valence-electron chi connectivity index (χ2n) is 5.31. The molecule has 0 bridgehead atoms. The van der Waals surface area contributed by atoms with E-state index in [4.69, 9.17) is 4.74 Å². The largest absolute Gasteiger partial charge is 0.455 e. The summed E-state index contributed by atoms with van der Waals surface area (Å²) in [5.74, 6) is 1.30. The standard InChI is InChI=1S/C20H18N2O2/c1-15-9-5-6-12-17(15)21-20(23)22-18-13-7-8-14-19(18)24-16-10-3-2-4-11-16/h2-14H,1H3,(H2,21,22,23). The molecule has 0 radical (unpaired) electrons. The Hall–Kier alpha value is -3.27. The molecule has 0 atom stereocenters. The number of urea groups is 1. The summed E-state index contributed by atoms with van der Waals surface area (Å²) < 4.78 is 5.84. The van der Waals surface area contributed by atoms with Crippen LogP contribution in [0, 0.1) is 6.92 Å². The monoisotopic (exact) mass is 318 g/mol. The Bertz CT molecular complexity index is 832. The number of carbonyl (C=O) groups is 1. The molecule has 0 aliphatic rings. The molecule has 0 aliphatic heterocycles. The van der Waals surface area contributed by atoms with Crippen LogP contribution in [0.1, 0.15) is 5.56 Å². The lowest BCUT2D eigenvalue weighted by atomic mass is 10.2. The molecule has 3 aromatic rings. The zero-order valence-corrected chi connectivity index (χ0v) is 13.3. The highest BCUT2D eigenvalue weighted by atomic mass is 16.5. The van der Waals surface area contributed by atoms with Crippen LogP contribution < -0.4 is 15.4 Å². The van der Waals surface area contributed by atoms with E-state index in [1.807, 2.05) is 79.7 Å². The summed E-state index contributed by atoms with van der Waals surface area (Å²) in [6.07, 6.45) is 0. The van der Waals surface area contributed by atoms with Gasteiger partial charge in [-0.1, -0.05) is 48.5 Å². The van der Waals surface area contributed by atoms with Crippen LogP contribution in [0.15, 0.2) is 78.9 Å². The molecule has 0 heterocycles. The highest BCUT2D eigenvalue weighted by Crippen LogP contribution is 2.29. The zero-order valence-electron chi connectivity index (χ0n) is 13.3. The van der Waals surface area contributed by atoms with Gasteiger partial charge in [-0.05, 0) is 42.8 Å². The Morgan fingerprint density at radius 1 is 0.750 bits per heavy atom. The third-order valence-corrected chi connectivity index (χ3v) is 3.50. The Morgan fingerprint density at radius 2 is 1.33 bits per heavy atom. The van der Waals surface area contributed by atoms with E-state index in [0.29, 0.717) is 17.2 Å². The van der Waals surface area contributed by atoms with Gasteiger partial charge >= 0.3 is 6.03 Å². The molecule has 0 saturated heterocycles. The minimum atomic E-state index is -0.312. The molecule has 0 spiro atoms. The maximum Gasteiger partial charge on any atom is 0.323 e. The van der Waals surface area contributed by atoms with Gasteiger partial charge in [0.2, 0.25) is 0 Å². The Kier molecular flexibility index (Phi) is 4.77. The van der Waals surface area contributed by atoms with Crippen LogP contribution in [-0.4, -0.2) is 6.03 Å². The zero-order chi connectivity index (χ0) is 16.8. The van der Waals surface area contributed by atoms with Crippen molar-refractivity contribution in [2.75, 3.05) is 10.6 Å². The van der Waals surface area contributed by atoms with Crippen LogP contribution in [0.25, 0.3) is 0 Å². The molecular formula is C20H18N2O2. The summed E-state index contributed by atoms with van der Waals surface area (Å²) in [4.78, 5) is 12.3. The van der Waals surface area contributed by atoms with Crippen LogP contribution in [0.5, 0.6) is 11.5 Å². The quantitative estimate of drug-likeness (QED) is 0.673. The van der Waals surface area contributed by atoms with E-state index in [0.717, 1.165) is 11.3 Å². The third-order valence-electron chi connectivity index (χ3n) is 3.50. The van der Waals surface area contributed by atoms with Crippen LogP contribution in [-0.2, 0) is 0 Å². The van der Waals surface area contributed by atoms with E-state index < -0.39 is 0 Å². The minimum Gasteiger partial charge on any atom is -0.455 e. The molecule has 4 nitrogen and oxygen atoms in total. The fraction of sp³-hybridized carbons (Fsp3) is 0.0500. The number of aryl methyl sites for hydroxylation is 1. The second kappa shape index (κ2) is 7.33. The molecule has 0 aliphatic carbocycles. The molecule has 3 aromatic carbocycles. The Labute approximate surface area is 141 Å². The molecule has 3 rings (SSSR count). The summed E-state index contributed by atoms with van der Waals surface area (Å²) in [5.41, 5.74) is 2.38. The fourth-order valence-electron chi connectivity index (χ4n) is 2.26. The first-order valence-corrected chi connectivity index (χ1v) is 7.68. The number of hydrogen-bond donors (Lipinski definition) is 2. The summed E-state index contributed by atoms with van der Waals surface area (Å²) >= 11 is 0. The van der Waals surface area contributed by atoms with Gasteiger partial charge in [-0.3, -0.25) is 0 Å². The van der Waals surface area contributed by atoms with Gasteiger partial charge in [0.05, 0.1) is 5.69 Å². The molecule has 2 amide bonds. The molecule has 0 saturated carbocycles. The van der Waals surface area contributed by atoms with E-state index in [1.54, 1.807) is 6.07 Å². The molecule has 4 heteroatoms. The molecular weight excluding hydrogens is 300 g/mol. The minimum absolute atomic E-state index is 0.312. The van der Waals surface area contributed by atoms with Crippen LogP contribution in [0.2, 0.25) is 0 Å². The lowest BCUT2D eigenvalue weighted by molar-refractivity contribution is 0.262. The van der Waals surface area contributed by atoms with Crippen molar-refractivity contribution in [3.8, 4) is 11.5 Å². The van der Waals surface area contributed by atoms with E-state index in [2.05, 4.69) is 10.6 Å². The predicted molar refractivity (Wildman–Crippen MR) is 96.8 cm³/mol. The van der Waals surface area contributed by atoms with Crippen molar-refractivity contribution >= 4 is 17.4 Å². The number of nitrogens with one attached hydrogen (secondary N) is 2. The van der Waals surface area contributed by atoms with Crippen LogP contribution in [0.3, 0.4) is 0 Å². The summed E-state index contributed by atoms with van der Waals surface area (Å²) in [6, 6.07) is 24.1. The molecule has 0 aromatic heterocycles. The average molecular weight is 318 g/mol. The summed E-state index contributed by atoms with van der Waals surface area (Å²) in [5, 5.41) is 5.68. The van der Waals surface area contributed by atoms with Gasteiger partial charge in [0.15, 0.2) is 5.75 Å². The number of amides is 2. The highest BCUT2D eigenvalue weighted by Gasteiger charge is 2.09. The third kappa shape index (κ3) is 3.93. The lowest BCUT2D eigenvalue weighted by Crippen LogP contribution is -2.20.